The van der Waals surface area contributed by atoms with Crippen molar-refractivity contribution in [2.75, 3.05) is 26.0 Å². The molecule has 6 heteroatoms. The molecule has 6 nitrogen and oxygen atoms in total. The van der Waals surface area contributed by atoms with Gasteiger partial charge in [0.15, 0.2) is 5.78 Å². The number of carbonyl (C=O) groups is 2. The summed E-state index contributed by atoms with van der Waals surface area (Å²) in [6.07, 6.45) is 0. The zero-order valence-corrected chi connectivity index (χ0v) is 15.0. The molecule has 0 atom stereocenters. The Kier molecular flexibility index (Phi) is 6.25. The summed E-state index contributed by atoms with van der Waals surface area (Å²) in [5.74, 6) is 1.07. The minimum atomic E-state index is -0.151. The van der Waals surface area contributed by atoms with Crippen LogP contribution in [0, 0.1) is 6.92 Å². The van der Waals surface area contributed by atoms with E-state index in [-0.39, 0.29) is 18.2 Å². The predicted octanol–water partition coefficient (Wildman–Crippen LogP) is 2.67. The quantitative estimate of drug-likeness (QED) is 0.784. The summed E-state index contributed by atoms with van der Waals surface area (Å²) in [6, 6.07) is 10.8. The van der Waals surface area contributed by atoms with Crippen molar-refractivity contribution in [2.24, 2.45) is 0 Å². The lowest BCUT2D eigenvalue weighted by Crippen LogP contribution is -2.30. The molecule has 0 saturated heterocycles. The highest BCUT2D eigenvalue weighted by Crippen LogP contribution is 2.21. The molecule has 1 aromatic carbocycles. The zero-order valence-electron chi connectivity index (χ0n) is 15.0. The van der Waals surface area contributed by atoms with Gasteiger partial charge in [0.25, 0.3) is 0 Å². The second-order valence-electron chi connectivity index (χ2n) is 5.97. The lowest BCUT2D eigenvalue weighted by molar-refractivity contribution is -0.117. The second kappa shape index (κ2) is 8.39. The first kappa shape index (κ1) is 18.6. The van der Waals surface area contributed by atoms with Gasteiger partial charge in [-0.1, -0.05) is 6.07 Å². The van der Waals surface area contributed by atoms with E-state index in [9.17, 15) is 9.59 Å². The Hall–Kier alpha value is -2.73. The molecule has 1 heterocycles. The van der Waals surface area contributed by atoms with Crippen LogP contribution in [0.15, 0.2) is 36.4 Å². The molecule has 0 unspecified atom stereocenters. The van der Waals surface area contributed by atoms with Gasteiger partial charge in [0.2, 0.25) is 5.91 Å². The standard InChI is InChI=1S/C19H23N3O3/c1-13-6-5-7-18(20-13)21-19(24)12-22(3)11-16-10-15(14(2)23)8-9-17(16)25-4/h5-10H,11-12H2,1-4H3,(H,20,21,24). The number of hydrogen-bond donors (Lipinski definition) is 1. The minimum Gasteiger partial charge on any atom is -0.496 e. The maximum atomic E-state index is 12.2. The number of aromatic nitrogens is 1. The largest absolute Gasteiger partial charge is 0.496 e. The van der Waals surface area contributed by atoms with Gasteiger partial charge in [-0.2, -0.15) is 0 Å². The summed E-state index contributed by atoms with van der Waals surface area (Å²) in [4.78, 5) is 29.9. The van der Waals surface area contributed by atoms with Crippen LogP contribution in [-0.4, -0.2) is 42.3 Å². The van der Waals surface area contributed by atoms with E-state index < -0.39 is 0 Å². The van der Waals surface area contributed by atoms with Gasteiger partial charge in [-0.15, -0.1) is 0 Å². The Morgan fingerprint density at radius 3 is 2.64 bits per heavy atom. The highest BCUT2D eigenvalue weighted by Gasteiger charge is 2.12. The SMILES string of the molecule is COc1ccc(C(C)=O)cc1CN(C)CC(=O)Nc1cccc(C)n1. The predicted molar refractivity (Wildman–Crippen MR) is 96.9 cm³/mol. The van der Waals surface area contributed by atoms with Crippen molar-refractivity contribution in [1.29, 1.82) is 0 Å². The number of Topliss-reactive ketones (excluding diaryl/α,β-unsaturated/α-hetero) is 1. The molecule has 0 spiro atoms. The van der Waals surface area contributed by atoms with Crippen molar-refractivity contribution >= 4 is 17.5 Å². The fourth-order valence-electron chi connectivity index (χ4n) is 2.51. The Labute approximate surface area is 147 Å². The maximum Gasteiger partial charge on any atom is 0.239 e. The third-order valence-corrected chi connectivity index (χ3v) is 3.70. The molecule has 2 aromatic rings. The average Bonchev–Trinajstić information content (AvgIpc) is 2.54. The summed E-state index contributed by atoms with van der Waals surface area (Å²) in [7, 11) is 3.42. The molecule has 25 heavy (non-hydrogen) atoms. The summed E-state index contributed by atoms with van der Waals surface area (Å²) >= 11 is 0. The number of anilines is 1. The lowest BCUT2D eigenvalue weighted by Gasteiger charge is -2.18. The first-order valence-corrected chi connectivity index (χ1v) is 7.99. The van der Waals surface area contributed by atoms with E-state index in [1.807, 2.05) is 31.0 Å². The molecule has 2 rings (SSSR count). The van der Waals surface area contributed by atoms with Crippen LogP contribution < -0.4 is 10.1 Å². The highest BCUT2D eigenvalue weighted by atomic mass is 16.5. The molecule has 0 bridgehead atoms. The number of aryl methyl sites for hydroxylation is 1. The van der Waals surface area contributed by atoms with Gasteiger partial charge >= 0.3 is 0 Å². The van der Waals surface area contributed by atoms with Crippen LogP contribution >= 0.6 is 0 Å². The van der Waals surface area contributed by atoms with Crippen LogP contribution in [0.25, 0.3) is 0 Å². The molecule has 132 valence electrons. The van der Waals surface area contributed by atoms with Crippen molar-refractivity contribution < 1.29 is 14.3 Å². The Morgan fingerprint density at radius 2 is 2.00 bits per heavy atom. The van der Waals surface area contributed by atoms with E-state index >= 15 is 0 Å². The van der Waals surface area contributed by atoms with Gasteiger partial charge in [0.1, 0.15) is 11.6 Å². The van der Waals surface area contributed by atoms with Crippen LogP contribution in [0.5, 0.6) is 5.75 Å². The lowest BCUT2D eigenvalue weighted by atomic mass is 10.1. The van der Waals surface area contributed by atoms with E-state index in [0.717, 1.165) is 11.3 Å². The van der Waals surface area contributed by atoms with Gasteiger partial charge in [0, 0.05) is 23.4 Å². The molecular formula is C19H23N3O3. The van der Waals surface area contributed by atoms with Crippen molar-refractivity contribution in [2.45, 2.75) is 20.4 Å². The third kappa shape index (κ3) is 5.39. The fourth-order valence-corrected chi connectivity index (χ4v) is 2.51. The summed E-state index contributed by atoms with van der Waals surface area (Å²) in [5, 5.41) is 2.78. The Morgan fingerprint density at radius 1 is 1.24 bits per heavy atom. The number of hydrogen-bond acceptors (Lipinski definition) is 5. The van der Waals surface area contributed by atoms with Gasteiger partial charge in [-0.25, -0.2) is 4.98 Å². The number of nitrogens with one attached hydrogen (secondary N) is 1. The van der Waals surface area contributed by atoms with Crippen LogP contribution in [0.3, 0.4) is 0 Å². The molecule has 1 N–H and O–H groups in total. The highest BCUT2D eigenvalue weighted by molar-refractivity contribution is 5.94. The number of benzene rings is 1. The topological polar surface area (TPSA) is 71.5 Å². The number of pyridine rings is 1. The molecule has 0 aliphatic heterocycles. The van der Waals surface area contributed by atoms with Crippen LogP contribution in [-0.2, 0) is 11.3 Å². The summed E-state index contributed by atoms with van der Waals surface area (Å²) in [5.41, 5.74) is 2.33. The normalized spacial score (nSPS) is 10.6. The molecule has 0 aliphatic carbocycles. The molecule has 0 saturated carbocycles. The van der Waals surface area contributed by atoms with Crippen molar-refractivity contribution in [1.82, 2.24) is 9.88 Å². The number of nitrogens with zero attached hydrogens (tertiary/aromatic N) is 2. The third-order valence-electron chi connectivity index (χ3n) is 3.70. The molecule has 1 aromatic heterocycles. The summed E-state index contributed by atoms with van der Waals surface area (Å²) < 4.78 is 5.35. The van der Waals surface area contributed by atoms with Crippen LogP contribution in [0.1, 0.15) is 28.5 Å². The van der Waals surface area contributed by atoms with E-state index in [4.69, 9.17) is 4.74 Å². The van der Waals surface area contributed by atoms with E-state index in [1.54, 1.807) is 31.4 Å². The van der Waals surface area contributed by atoms with Crippen molar-refractivity contribution in [3.63, 3.8) is 0 Å². The average molecular weight is 341 g/mol. The van der Waals surface area contributed by atoms with Crippen LogP contribution in [0.4, 0.5) is 5.82 Å². The first-order chi connectivity index (χ1) is 11.9. The number of ether oxygens (including phenoxy) is 1. The number of amides is 1. The maximum absolute atomic E-state index is 12.2. The van der Waals surface area contributed by atoms with E-state index in [0.29, 0.717) is 23.7 Å². The second-order valence-corrected chi connectivity index (χ2v) is 5.97. The number of methoxy groups -OCH3 is 1. The first-order valence-electron chi connectivity index (χ1n) is 7.99. The van der Waals surface area contributed by atoms with Crippen molar-refractivity contribution in [3.05, 3.63) is 53.2 Å². The van der Waals surface area contributed by atoms with Crippen LogP contribution in [0.2, 0.25) is 0 Å². The number of carbonyl (C=O) groups excluding carboxylic acids is 2. The minimum absolute atomic E-state index is 0.00480. The van der Waals surface area contributed by atoms with Gasteiger partial charge in [-0.3, -0.25) is 14.5 Å². The molecular weight excluding hydrogens is 318 g/mol. The number of ketones is 1. The van der Waals surface area contributed by atoms with Gasteiger partial charge in [-0.05, 0) is 51.2 Å². The molecule has 0 fully saturated rings. The molecule has 0 radical (unpaired) electrons. The smallest absolute Gasteiger partial charge is 0.239 e. The van der Waals surface area contributed by atoms with Crippen molar-refractivity contribution in [3.8, 4) is 5.75 Å². The number of likely N-dealkylation sites (N-methyl/N-ethyl adjacent to an activating group) is 1. The monoisotopic (exact) mass is 341 g/mol. The van der Waals surface area contributed by atoms with E-state index in [1.165, 1.54) is 6.92 Å². The summed E-state index contributed by atoms with van der Waals surface area (Å²) in [6.45, 7) is 4.08. The van der Waals surface area contributed by atoms with Gasteiger partial charge in [0.05, 0.1) is 13.7 Å². The Bertz CT molecular complexity index is 774. The molecule has 1 amide bonds. The molecule has 0 aliphatic rings. The fraction of sp³-hybridized carbons (Fsp3) is 0.316. The van der Waals surface area contributed by atoms with E-state index in [2.05, 4.69) is 10.3 Å². The number of rotatable bonds is 7. The zero-order chi connectivity index (χ0) is 18.4. The Balaban J connectivity index is 2.01. The van der Waals surface area contributed by atoms with Gasteiger partial charge < -0.3 is 10.1 Å².